The standard InChI is InChI=1S/C11H19N3O/c1-4-10(15)13-5-7-14(8-6-13)11(2,3)9-12/h4-8H2,1-3H3. The lowest BCUT2D eigenvalue weighted by Crippen LogP contribution is -2.55. The van der Waals surface area contributed by atoms with Gasteiger partial charge in [-0.3, -0.25) is 9.69 Å². The van der Waals surface area contributed by atoms with Crippen molar-refractivity contribution in [3.63, 3.8) is 0 Å². The Morgan fingerprint density at radius 3 is 2.27 bits per heavy atom. The summed E-state index contributed by atoms with van der Waals surface area (Å²) in [4.78, 5) is 15.4. The molecule has 0 bridgehead atoms. The summed E-state index contributed by atoms with van der Waals surface area (Å²) >= 11 is 0. The van der Waals surface area contributed by atoms with Crippen LogP contribution in [0.25, 0.3) is 0 Å². The fourth-order valence-electron chi connectivity index (χ4n) is 1.81. The fraction of sp³-hybridized carbons (Fsp3) is 0.818. The van der Waals surface area contributed by atoms with Crippen LogP contribution in [0.5, 0.6) is 0 Å². The van der Waals surface area contributed by atoms with Gasteiger partial charge in [-0.1, -0.05) is 6.92 Å². The number of rotatable bonds is 2. The number of hydrogen-bond donors (Lipinski definition) is 0. The Hall–Kier alpha value is -1.08. The maximum atomic E-state index is 11.4. The minimum atomic E-state index is -0.415. The molecule has 4 nitrogen and oxygen atoms in total. The number of carbonyl (C=O) groups is 1. The third kappa shape index (κ3) is 2.69. The highest BCUT2D eigenvalue weighted by molar-refractivity contribution is 5.75. The van der Waals surface area contributed by atoms with Gasteiger partial charge in [-0.15, -0.1) is 0 Å². The molecule has 15 heavy (non-hydrogen) atoms. The molecule has 1 heterocycles. The zero-order valence-corrected chi connectivity index (χ0v) is 9.79. The van der Waals surface area contributed by atoms with Gasteiger partial charge < -0.3 is 4.90 Å². The Morgan fingerprint density at radius 1 is 1.33 bits per heavy atom. The number of carbonyl (C=O) groups excluding carboxylic acids is 1. The van der Waals surface area contributed by atoms with Crippen LogP contribution in [0.4, 0.5) is 0 Å². The molecule has 4 heteroatoms. The van der Waals surface area contributed by atoms with Gasteiger partial charge in [-0.2, -0.15) is 5.26 Å². The smallest absolute Gasteiger partial charge is 0.222 e. The first kappa shape index (κ1) is 12.0. The van der Waals surface area contributed by atoms with E-state index in [2.05, 4.69) is 11.0 Å². The average molecular weight is 209 g/mol. The van der Waals surface area contributed by atoms with E-state index >= 15 is 0 Å². The molecule has 1 saturated heterocycles. The van der Waals surface area contributed by atoms with Crippen molar-refractivity contribution in [1.29, 1.82) is 5.26 Å². The molecule has 0 radical (unpaired) electrons. The first-order valence-corrected chi connectivity index (χ1v) is 5.45. The number of nitrogens with zero attached hydrogens (tertiary/aromatic N) is 3. The van der Waals surface area contributed by atoms with E-state index in [9.17, 15) is 4.79 Å². The van der Waals surface area contributed by atoms with E-state index in [1.54, 1.807) is 0 Å². The molecule has 0 saturated carbocycles. The minimum absolute atomic E-state index is 0.212. The van der Waals surface area contributed by atoms with Crippen LogP contribution in [0.3, 0.4) is 0 Å². The van der Waals surface area contributed by atoms with Crippen LogP contribution in [0.15, 0.2) is 0 Å². The molecule has 0 unspecified atom stereocenters. The Bertz CT molecular complexity index is 272. The molecule has 0 spiro atoms. The van der Waals surface area contributed by atoms with E-state index in [-0.39, 0.29) is 5.91 Å². The highest BCUT2D eigenvalue weighted by Gasteiger charge is 2.30. The topological polar surface area (TPSA) is 47.3 Å². The van der Waals surface area contributed by atoms with E-state index in [1.165, 1.54) is 0 Å². The largest absolute Gasteiger partial charge is 0.340 e. The van der Waals surface area contributed by atoms with Gasteiger partial charge in [-0.05, 0) is 13.8 Å². The molecule has 1 rings (SSSR count). The van der Waals surface area contributed by atoms with Crippen LogP contribution in [0.1, 0.15) is 27.2 Å². The maximum Gasteiger partial charge on any atom is 0.222 e. The predicted octanol–water partition coefficient (Wildman–Crippen LogP) is 0.843. The number of piperazine rings is 1. The summed E-state index contributed by atoms with van der Waals surface area (Å²) in [5.74, 6) is 0.212. The van der Waals surface area contributed by atoms with Crippen LogP contribution in [0.2, 0.25) is 0 Å². The minimum Gasteiger partial charge on any atom is -0.340 e. The van der Waals surface area contributed by atoms with Gasteiger partial charge >= 0.3 is 0 Å². The molecule has 1 fully saturated rings. The average Bonchev–Trinajstić information content (AvgIpc) is 2.28. The highest BCUT2D eigenvalue weighted by Crippen LogP contribution is 2.16. The lowest BCUT2D eigenvalue weighted by molar-refractivity contribution is -0.133. The van der Waals surface area contributed by atoms with Gasteiger partial charge in [0, 0.05) is 32.6 Å². The number of nitriles is 1. The molecule has 84 valence electrons. The number of hydrogen-bond acceptors (Lipinski definition) is 3. The van der Waals surface area contributed by atoms with Crippen molar-refractivity contribution < 1.29 is 4.79 Å². The van der Waals surface area contributed by atoms with E-state index in [1.807, 2.05) is 25.7 Å². The Morgan fingerprint density at radius 2 is 1.87 bits per heavy atom. The van der Waals surface area contributed by atoms with Crippen molar-refractivity contribution in [3.8, 4) is 6.07 Å². The molecule has 0 aliphatic carbocycles. The normalized spacial score (nSPS) is 18.7. The first-order valence-electron chi connectivity index (χ1n) is 5.45. The van der Waals surface area contributed by atoms with E-state index in [4.69, 9.17) is 5.26 Å². The lowest BCUT2D eigenvalue weighted by Gasteiger charge is -2.40. The maximum absolute atomic E-state index is 11.4. The van der Waals surface area contributed by atoms with Gasteiger partial charge in [0.1, 0.15) is 5.54 Å². The van der Waals surface area contributed by atoms with Crippen molar-refractivity contribution >= 4 is 5.91 Å². The zero-order chi connectivity index (χ0) is 11.5. The molecule has 1 aliphatic rings. The SMILES string of the molecule is CCC(=O)N1CCN(C(C)(C)C#N)CC1. The molecule has 1 amide bonds. The monoisotopic (exact) mass is 209 g/mol. The van der Waals surface area contributed by atoms with E-state index in [0.717, 1.165) is 26.2 Å². The summed E-state index contributed by atoms with van der Waals surface area (Å²) in [5, 5.41) is 9.00. The molecule has 0 aromatic carbocycles. The van der Waals surface area contributed by atoms with Crippen LogP contribution >= 0.6 is 0 Å². The molecular weight excluding hydrogens is 190 g/mol. The quantitative estimate of drug-likeness (QED) is 0.677. The molecular formula is C11H19N3O. The van der Waals surface area contributed by atoms with E-state index in [0.29, 0.717) is 6.42 Å². The van der Waals surface area contributed by atoms with Crippen molar-refractivity contribution in [2.45, 2.75) is 32.7 Å². The van der Waals surface area contributed by atoms with Gasteiger partial charge in [0.2, 0.25) is 5.91 Å². The van der Waals surface area contributed by atoms with Crippen LogP contribution in [0, 0.1) is 11.3 Å². The Balaban J connectivity index is 2.50. The summed E-state index contributed by atoms with van der Waals surface area (Å²) in [6.07, 6.45) is 0.571. The van der Waals surface area contributed by atoms with Crippen molar-refractivity contribution in [2.75, 3.05) is 26.2 Å². The molecule has 0 aromatic rings. The summed E-state index contributed by atoms with van der Waals surface area (Å²) < 4.78 is 0. The molecule has 0 aromatic heterocycles. The molecule has 0 atom stereocenters. The van der Waals surface area contributed by atoms with Crippen LogP contribution < -0.4 is 0 Å². The first-order chi connectivity index (χ1) is 7.01. The van der Waals surface area contributed by atoms with Gasteiger partial charge in [0.05, 0.1) is 6.07 Å². The second kappa shape index (κ2) is 4.63. The number of amides is 1. The molecule has 1 aliphatic heterocycles. The highest BCUT2D eigenvalue weighted by atomic mass is 16.2. The second-order valence-corrected chi connectivity index (χ2v) is 4.39. The fourth-order valence-corrected chi connectivity index (χ4v) is 1.81. The summed E-state index contributed by atoms with van der Waals surface area (Å²) in [6, 6.07) is 2.29. The third-order valence-electron chi connectivity index (χ3n) is 3.00. The van der Waals surface area contributed by atoms with E-state index < -0.39 is 5.54 Å². The van der Waals surface area contributed by atoms with Gasteiger partial charge in [0.15, 0.2) is 0 Å². The molecule has 0 N–H and O–H groups in total. The van der Waals surface area contributed by atoms with Gasteiger partial charge in [-0.25, -0.2) is 0 Å². The summed E-state index contributed by atoms with van der Waals surface area (Å²) in [5.41, 5.74) is -0.415. The summed E-state index contributed by atoms with van der Waals surface area (Å²) in [7, 11) is 0. The Kier molecular flexibility index (Phi) is 3.70. The van der Waals surface area contributed by atoms with Crippen LogP contribution in [-0.2, 0) is 4.79 Å². The van der Waals surface area contributed by atoms with Crippen molar-refractivity contribution in [3.05, 3.63) is 0 Å². The summed E-state index contributed by atoms with van der Waals surface area (Å²) in [6.45, 7) is 8.82. The lowest BCUT2D eigenvalue weighted by atomic mass is 10.0. The van der Waals surface area contributed by atoms with Crippen molar-refractivity contribution in [1.82, 2.24) is 9.80 Å². The zero-order valence-electron chi connectivity index (χ0n) is 9.79. The van der Waals surface area contributed by atoms with Crippen molar-refractivity contribution in [2.24, 2.45) is 0 Å². The van der Waals surface area contributed by atoms with Gasteiger partial charge in [0.25, 0.3) is 0 Å². The predicted molar refractivity (Wildman–Crippen MR) is 58.1 cm³/mol. The second-order valence-electron chi connectivity index (χ2n) is 4.39. The Labute approximate surface area is 91.5 Å². The van der Waals surface area contributed by atoms with Crippen LogP contribution in [-0.4, -0.2) is 47.4 Å². The third-order valence-corrected chi connectivity index (χ3v) is 3.00.